The van der Waals surface area contributed by atoms with Crippen LogP contribution in [0.15, 0.2) is 36.7 Å². The minimum atomic E-state index is 0.0525. The highest BCUT2D eigenvalue weighted by molar-refractivity contribution is 5.98. The van der Waals surface area contributed by atoms with Crippen molar-refractivity contribution in [3.8, 4) is 0 Å². The number of hydrogen-bond donors (Lipinski definition) is 0. The summed E-state index contributed by atoms with van der Waals surface area (Å²) in [4.78, 5) is 28.4. The van der Waals surface area contributed by atoms with Crippen molar-refractivity contribution >= 4 is 17.5 Å². The molecule has 1 atom stereocenters. The van der Waals surface area contributed by atoms with Crippen molar-refractivity contribution in [2.45, 2.75) is 38.8 Å². The number of carbonyl (C=O) groups excluding carboxylic acids is 2. The number of anilines is 1. The summed E-state index contributed by atoms with van der Waals surface area (Å²) >= 11 is 0. The SMILES string of the molecule is CC(=O)N1CCc2cc(C(=O)N3CCCC3Cn3cccn3)ccc21. The Balaban J connectivity index is 1.53. The van der Waals surface area contributed by atoms with Crippen molar-refractivity contribution in [3.63, 3.8) is 0 Å². The lowest BCUT2D eigenvalue weighted by Gasteiger charge is -2.25. The smallest absolute Gasteiger partial charge is 0.254 e. The average Bonchev–Trinajstić information content (AvgIpc) is 3.34. The maximum absolute atomic E-state index is 13.0. The van der Waals surface area contributed by atoms with Gasteiger partial charge >= 0.3 is 0 Å². The predicted octanol–water partition coefficient (Wildman–Crippen LogP) is 2.10. The Bertz CT molecular complexity index is 800. The monoisotopic (exact) mass is 338 g/mol. The van der Waals surface area contributed by atoms with Crippen LogP contribution in [0.25, 0.3) is 0 Å². The van der Waals surface area contributed by atoms with Crippen molar-refractivity contribution in [2.24, 2.45) is 0 Å². The highest BCUT2D eigenvalue weighted by Crippen LogP contribution is 2.30. The standard InChI is InChI=1S/C19H22N4O2/c1-14(24)22-11-7-15-12-16(5-6-18(15)22)19(25)23-10-2-4-17(23)13-21-9-3-8-20-21/h3,5-6,8-9,12,17H,2,4,7,10-11,13H2,1H3. The minimum Gasteiger partial charge on any atom is -0.334 e. The summed E-state index contributed by atoms with van der Waals surface area (Å²) < 4.78 is 1.89. The van der Waals surface area contributed by atoms with E-state index >= 15 is 0 Å². The minimum absolute atomic E-state index is 0.0525. The van der Waals surface area contributed by atoms with Crippen LogP contribution in [-0.2, 0) is 17.8 Å². The molecular weight excluding hydrogens is 316 g/mol. The molecule has 2 amide bonds. The molecule has 1 saturated heterocycles. The number of carbonyl (C=O) groups is 2. The second kappa shape index (κ2) is 6.35. The Hall–Kier alpha value is -2.63. The molecule has 0 saturated carbocycles. The van der Waals surface area contributed by atoms with Crippen LogP contribution < -0.4 is 4.90 Å². The maximum atomic E-state index is 13.0. The van der Waals surface area contributed by atoms with Gasteiger partial charge in [-0.3, -0.25) is 14.3 Å². The van der Waals surface area contributed by atoms with E-state index in [-0.39, 0.29) is 17.9 Å². The number of amides is 2. The van der Waals surface area contributed by atoms with E-state index in [1.807, 2.05) is 40.0 Å². The Labute approximate surface area is 147 Å². The fourth-order valence-electron chi connectivity index (χ4n) is 3.94. The van der Waals surface area contributed by atoms with E-state index in [0.717, 1.165) is 49.2 Å². The molecule has 3 heterocycles. The van der Waals surface area contributed by atoms with E-state index in [1.54, 1.807) is 18.0 Å². The molecule has 0 spiro atoms. The van der Waals surface area contributed by atoms with E-state index in [9.17, 15) is 9.59 Å². The summed E-state index contributed by atoms with van der Waals surface area (Å²) in [6.07, 6.45) is 6.55. The Morgan fingerprint density at radius 3 is 2.92 bits per heavy atom. The third kappa shape index (κ3) is 2.92. The first-order valence-corrected chi connectivity index (χ1v) is 8.83. The molecule has 0 radical (unpaired) electrons. The Morgan fingerprint density at radius 2 is 2.16 bits per heavy atom. The van der Waals surface area contributed by atoms with Gasteiger partial charge in [-0.1, -0.05) is 0 Å². The van der Waals surface area contributed by atoms with Gasteiger partial charge in [0.05, 0.1) is 12.6 Å². The number of rotatable bonds is 3. The quantitative estimate of drug-likeness (QED) is 0.861. The van der Waals surface area contributed by atoms with Crippen LogP contribution in [0.4, 0.5) is 5.69 Å². The zero-order valence-corrected chi connectivity index (χ0v) is 14.4. The second-order valence-corrected chi connectivity index (χ2v) is 6.79. The lowest BCUT2D eigenvalue weighted by Crippen LogP contribution is -2.38. The van der Waals surface area contributed by atoms with Gasteiger partial charge in [-0.2, -0.15) is 5.10 Å². The van der Waals surface area contributed by atoms with Gasteiger partial charge in [0.2, 0.25) is 5.91 Å². The van der Waals surface area contributed by atoms with Gasteiger partial charge in [0.1, 0.15) is 0 Å². The molecule has 6 nitrogen and oxygen atoms in total. The zero-order chi connectivity index (χ0) is 17.4. The van der Waals surface area contributed by atoms with E-state index in [2.05, 4.69) is 5.10 Å². The lowest BCUT2D eigenvalue weighted by molar-refractivity contribution is -0.116. The molecule has 2 aromatic rings. The molecule has 130 valence electrons. The number of fused-ring (bicyclic) bond motifs is 1. The first-order chi connectivity index (χ1) is 12.1. The first-order valence-electron chi connectivity index (χ1n) is 8.83. The third-order valence-corrected chi connectivity index (χ3v) is 5.20. The van der Waals surface area contributed by atoms with E-state index in [4.69, 9.17) is 0 Å². The van der Waals surface area contributed by atoms with Crippen LogP contribution in [0.5, 0.6) is 0 Å². The molecule has 1 unspecified atom stereocenters. The number of benzene rings is 1. The summed E-state index contributed by atoms with van der Waals surface area (Å²) in [5, 5.41) is 4.26. The van der Waals surface area contributed by atoms with Gasteiger partial charge in [-0.05, 0) is 49.1 Å². The van der Waals surface area contributed by atoms with Crippen molar-refractivity contribution < 1.29 is 9.59 Å². The molecular formula is C19H22N4O2. The zero-order valence-electron chi connectivity index (χ0n) is 14.4. The fourth-order valence-corrected chi connectivity index (χ4v) is 3.94. The van der Waals surface area contributed by atoms with Crippen molar-refractivity contribution in [1.29, 1.82) is 0 Å². The van der Waals surface area contributed by atoms with Gasteiger partial charge in [-0.25, -0.2) is 0 Å². The van der Waals surface area contributed by atoms with E-state index < -0.39 is 0 Å². The summed E-state index contributed by atoms with van der Waals surface area (Å²) in [6, 6.07) is 7.82. The largest absolute Gasteiger partial charge is 0.334 e. The molecule has 6 heteroatoms. The molecule has 1 aromatic heterocycles. The highest BCUT2D eigenvalue weighted by Gasteiger charge is 2.31. The normalized spacial score (nSPS) is 19.3. The molecule has 1 aromatic carbocycles. The van der Waals surface area contributed by atoms with Crippen LogP contribution in [0.3, 0.4) is 0 Å². The average molecular weight is 338 g/mol. The molecule has 2 aliphatic rings. The topological polar surface area (TPSA) is 58.4 Å². The predicted molar refractivity (Wildman–Crippen MR) is 94.5 cm³/mol. The molecule has 0 N–H and O–H groups in total. The van der Waals surface area contributed by atoms with Gasteiger partial charge in [-0.15, -0.1) is 0 Å². The number of likely N-dealkylation sites (tertiary alicyclic amines) is 1. The van der Waals surface area contributed by atoms with Crippen LogP contribution in [0.2, 0.25) is 0 Å². The van der Waals surface area contributed by atoms with Crippen LogP contribution in [0, 0.1) is 0 Å². The van der Waals surface area contributed by atoms with E-state index in [1.165, 1.54) is 0 Å². The summed E-state index contributed by atoms with van der Waals surface area (Å²) in [6.45, 7) is 3.81. The van der Waals surface area contributed by atoms with Crippen LogP contribution in [0.1, 0.15) is 35.7 Å². The van der Waals surface area contributed by atoms with Crippen molar-refractivity contribution in [2.75, 3.05) is 18.0 Å². The molecule has 1 fully saturated rings. The molecule has 0 bridgehead atoms. The molecule has 25 heavy (non-hydrogen) atoms. The molecule has 0 aliphatic carbocycles. The fraction of sp³-hybridized carbons (Fsp3) is 0.421. The van der Waals surface area contributed by atoms with Gasteiger partial charge < -0.3 is 9.80 Å². The third-order valence-electron chi connectivity index (χ3n) is 5.20. The number of hydrogen-bond acceptors (Lipinski definition) is 3. The molecule has 2 aliphatic heterocycles. The maximum Gasteiger partial charge on any atom is 0.254 e. The lowest BCUT2D eigenvalue weighted by atomic mass is 10.1. The van der Waals surface area contributed by atoms with E-state index in [0.29, 0.717) is 6.54 Å². The summed E-state index contributed by atoms with van der Waals surface area (Å²) in [5.74, 6) is 0.135. The van der Waals surface area contributed by atoms with Crippen LogP contribution in [-0.4, -0.2) is 45.6 Å². The number of nitrogens with zero attached hydrogens (tertiary/aromatic N) is 4. The Kier molecular flexibility index (Phi) is 4.03. The number of aromatic nitrogens is 2. The van der Waals surface area contributed by atoms with Gasteiger partial charge in [0.25, 0.3) is 5.91 Å². The van der Waals surface area contributed by atoms with Crippen molar-refractivity contribution in [3.05, 3.63) is 47.8 Å². The first kappa shape index (κ1) is 15.9. The Morgan fingerprint density at radius 1 is 1.28 bits per heavy atom. The van der Waals surface area contributed by atoms with Gasteiger partial charge in [0, 0.05) is 43.7 Å². The summed E-state index contributed by atoms with van der Waals surface area (Å²) in [7, 11) is 0. The highest BCUT2D eigenvalue weighted by atomic mass is 16.2. The summed E-state index contributed by atoms with van der Waals surface area (Å²) in [5.41, 5.74) is 2.75. The second-order valence-electron chi connectivity index (χ2n) is 6.79. The van der Waals surface area contributed by atoms with Crippen LogP contribution >= 0.6 is 0 Å². The molecule has 4 rings (SSSR count). The van der Waals surface area contributed by atoms with Gasteiger partial charge in [0.15, 0.2) is 0 Å². The van der Waals surface area contributed by atoms with Crippen molar-refractivity contribution in [1.82, 2.24) is 14.7 Å².